The lowest BCUT2D eigenvalue weighted by Gasteiger charge is -2.32. The fourth-order valence-electron chi connectivity index (χ4n) is 1.71. The zero-order valence-electron chi connectivity index (χ0n) is 10.8. The Morgan fingerprint density at radius 2 is 2.22 bits per heavy atom. The van der Waals surface area contributed by atoms with Gasteiger partial charge in [0.1, 0.15) is 6.04 Å². The molecule has 1 aliphatic rings. The van der Waals surface area contributed by atoms with Crippen molar-refractivity contribution in [1.82, 2.24) is 10.2 Å². The van der Waals surface area contributed by atoms with Crippen molar-refractivity contribution in [1.29, 1.82) is 0 Å². The van der Waals surface area contributed by atoms with E-state index in [9.17, 15) is 9.59 Å². The van der Waals surface area contributed by atoms with Crippen molar-refractivity contribution in [3.8, 4) is 0 Å². The summed E-state index contributed by atoms with van der Waals surface area (Å²) in [5, 5.41) is 2.71. The van der Waals surface area contributed by atoms with Gasteiger partial charge in [0, 0.05) is 20.2 Å². The molecule has 1 rings (SSSR count). The van der Waals surface area contributed by atoms with Gasteiger partial charge < -0.3 is 19.5 Å². The number of morpholine rings is 1. The number of rotatable bonds is 6. The first kappa shape index (κ1) is 14.9. The molecule has 0 aromatic carbocycles. The van der Waals surface area contributed by atoms with Crippen LogP contribution in [0.5, 0.6) is 0 Å². The molecule has 1 N–H and O–H groups in total. The highest BCUT2D eigenvalue weighted by Gasteiger charge is 2.31. The van der Waals surface area contributed by atoms with Crippen LogP contribution in [0.3, 0.4) is 0 Å². The fraction of sp³-hybridized carbons (Fsp3) is 0.818. The van der Waals surface area contributed by atoms with Gasteiger partial charge in [-0.15, -0.1) is 0 Å². The Labute approximate surface area is 106 Å². The van der Waals surface area contributed by atoms with Crippen LogP contribution in [-0.4, -0.2) is 76.5 Å². The summed E-state index contributed by atoms with van der Waals surface area (Å²) in [4.78, 5) is 24.9. The third-order valence-electron chi connectivity index (χ3n) is 2.69. The van der Waals surface area contributed by atoms with Gasteiger partial charge in [-0.2, -0.15) is 0 Å². The predicted octanol–water partition coefficient (Wildman–Crippen LogP) is -1.38. The largest absolute Gasteiger partial charge is 0.468 e. The molecule has 0 aliphatic carbocycles. The predicted molar refractivity (Wildman–Crippen MR) is 63.1 cm³/mol. The second-order valence-corrected chi connectivity index (χ2v) is 3.93. The molecule has 0 aromatic heterocycles. The Kier molecular flexibility index (Phi) is 6.63. The molecule has 7 heteroatoms. The molecule has 7 nitrogen and oxygen atoms in total. The average Bonchev–Trinajstić information content (AvgIpc) is 2.39. The fourth-order valence-corrected chi connectivity index (χ4v) is 1.71. The van der Waals surface area contributed by atoms with E-state index >= 15 is 0 Å². The third kappa shape index (κ3) is 4.59. The van der Waals surface area contributed by atoms with Crippen LogP contribution in [0.1, 0.15) is 0 Å². The standard InChI is InChI=1S/C11H20N2O5/c1-16-5-3-12-10(14)7-13-4-6-18-8-9(13)11(15)17-2/h9H,3-8H2,1-2H3,(H,12,14). The molecular formula is C11H20N2O5. The normalized spacial score (nSPS) is 20.4. The van der Waals surface area contributed by atoms with E-state index < -0.39 is 6.04 Å². The number of hydrogen-bond acceptors (Lipinski definition) is 6. The van der Waals surface area contributed by atoms with E-state index in [4.69, 9.17) is 9.47 Å². The number of nitrogens with one attached hydrogen (secondary N) is 1. The van der Waals surface area contributed by atoms with Gasteiger partial charge in [-0.25, -0.2) is 0 Å². The minimum absolute atomic E-state index is 0.136. The monoisotopic (exact) mass is 260 g/mol. The molecule has 0 spiro atoms. The quantitative estimate of drug-likeness (QED) is 0.469. The highest BCUT2D eigenvalue weighted by Crippen LogP contribution is 2.07. The van der Waals surface area contributed by atoms with E-state index in [1.54, 1.807) is 12.0 Å². The third-order valence-corrected chi connectivity index (χ3v) is 2.69. The highest BCUT2D eigenvalue weighted by atomic mass is 16.5. The van der Waals surface area contributed by atoms with Crippen LogP contribution in [0.2, 0.25) is 0 Å². The zero-order chi connectivity index (χ0) is 13.4. The van der Waals surface area contributed by atoms with Crippen LogP contribution >= 0.6 is 0 Å². The minimum Gasteiger partial charge on any atom is -0.468 e. The lowest BCUT2D eigenvalue weighted by molar-refractivity contribution is -0.154. The first-order valence-corrected chi connectivity index (χ1v) is 5.84. The van der Waals surface area contributed by atoms with Gasteiger partial charge in [0.2, 0.25) is 5.91 Å². The van der Waals surface area contributed by atoms with E-state index in [0.29, 0.717) is 26.3 Å². The highest BCUT2D eigenvalue weighted by molar-refractivity contribution is 5.80. The van der Waals surface area contributed by atoms with E-state index in [-0.39, 0.29) is 25.0 Å². The molecule has 1 amide bonds. The van der Waals surface area contributed by atoms with Crippen molar-refractivity contribution < 1.29 is 23.8 Å². The molecule has 1 aliphatic heterocycles. The van der Waals surface area contributed by atoms with E-state index in [2.05, 4.69) is 10.1 Å². The molecule has 0 bridgehead atoms. The van der Waals surface area contributed by atoms with Crippen molar-refractivity contribution in [3.63, 3.8) is 0 Å². The number of ether oxygens (including phenoxy) is 3. The van der Waals surface area contributed by atoms with Gasteiger partial charge in [-0.1, -0.05) is 0 Å². The topological polar surface area (TPSA) is 77.1 Å². The number of amides is 1. The summed E-state index contributed by atoms with van der Waals surface area (Å²) in [6.07, 6.45) is 0. The Balaban J connectivity index is 2.41. The first-order chi connectivity index (χ1) is 8.69. The van der Waals surface area contributed by atoms with Gasteiger partial charge in [0.15, 0.2) is 0 Å². The Bertz CT molecular complexity index is 285. The zero-order valence-corrected chi connectivity index (χ0v) is 10.8. The van der Waals surface area contributed by atoms with Crippen LogP contribution in [0.25, 0.3) is 0 Å². The second kappa shape index (κ2) is 8.02. The second-order valence-electron chi connectivity index (χ2n) is 3.93. The summed E-state index contributed by atoms with van der Waals surface area (Å²) in [7, 11) is 2.90. The first-order valence-electron chi connectivity index (χ1n) is 5.84. The lowest BCUT2D eigenvalue weighted by Crippen LogP contribution is -2.53. The van der Waals surface area contributed by atoms with Crippen molar-refractivity contribution >= 4 is 11.9 Å². The Morgan fingerprint density at radius 1 is 1.44 bits per heavy atom. The Hall–Kier alpha value is -1.18. The number of esters is 1. The van der Waals surface area contributed by atoms with E-state index in [1.165, 1.54) is 7.11 Å². The summed E-state index contributed by atoms with van der Waals surface area (Å²) < 4.78 is 14.7. The molecule has 1 saturated heterocycles. The van der Waals surface area contributed by atoms with Crippen LogP contribution in [0, 0.1) is 0 Å². The number of nitrogens with zero attached hydrogens (tertiary/aromatic N) is 1. The van der Waals surface area contributed by atoms with Crippen LogP contribution in [-0.2, 0) is 23.8 Å². The van der Waals surface area contributed by atoms with Crippen LogP contribution in [0.4, 0.5) is 0 Å². The molecule has 1 atom stereocenters. The maximum absolute atomic E-state index is 11.6. The van der Waals surface area contributed by atoms with Crippen molar-refractivity contribution in [2.75, 3.05) is 53.7 Å². The van der Waals surface area contributed by atoms with Crippen LogP contribution in [0.15, 0.2) is 0 Å². The Morgan fingerprint density at radius 3 is 2.89 bits per heavy atom. The summed E-state index contributed by atoms with van der Waals surface area (Å²) in [5.74, 6) is -0.512. The number of hydrogen-bond donors (Lipinski definition) is 1. The summed E-state index contributed by atoms with van der Waals surface area (Å²) in [6, 6.07) is -0.503. The minimum atomic E-state index is -0.503. The number of carbonyl (C=O) groups is 2. The summed E-state index contributed by atoms with van der Waals surface area (Å²) >= 11 is 0. The molecule has 1 fully saturated rings. The summed E-state index contributed by atoms with van der Waals surface area (Å²) in [6.45, 7) is 2.40. The van der Waals surface area contributed by atoms with E-state index in [1.807, 2.05) is 0 Å². The maximum Gasteiger partial charge on any atom is 0.325 e. The molecule has 0 aromatic rings. The van der Waals surface area contributed by atoms with Gasteiger partial charge in [-0.3, -0.25) is 14.5 Å². The van der Waals surface area contributed by atoms with Crippen molar-refractivity contribution in [2.24, 2.45) is 0 Å². The van der Waals surface area contributed by atoms with Gasteiger partial charge >= 0.3 is 5.97 Å². The average molecular weight is 260 g/mol. The van der Waals surface area contributed by atoms with Crippen molar-refractivity contribution in [2.45, 2.75) is 6.04 Å². The van der Waals surface area contributed by atoms with Crippen molar-refractivity contribution in [3.05, 3.63) is 0 Å². The van der Waals surface area contributed by atoms with Gasteiger partial charge in [-0.05, 0) is 0 Å². The molecule has 1 heterocycles. The molecule has 0 saturated carbocycles. The smallest absolute Gasteiger partial charge is 0.325 e. The van der Waals surface area contributed by atoms with Crippen LogP contribution < -0.4 is 5.32 Å². The molecule has 18 heavy (non-hydrogen) atoms. The molecule has 0 radical (unpaired) electrons. The van der Waals surface area contributed by atoms with Gasteiger partial charge in [0.25, 0.3) is 0 Å². The number of carbonyl (C=O) groups excluding carboxylic acids is 2. The molecule has 1 unspecified atom stereocenters. The SMILES string of the molecule is COCCNC(=O)CN1CCOCC1C(=O)OC. The maximum atomic E-state index is 11.6. The summed E-state index contributed by atoms with van der Waals surface area (Å²) in [5.41, 5.74) is 0. The lowest BCUT2D eigenvalue weighted by atomic mass is 10.2. The van der Waals surface area contributed by atoms with Gasteiger partial charge in [0.05, 0.1) is 33.5 Å². The molecule has 104 valence electrons. The number of methoxy groups -OCH3 is 2. The van der Waals surface area contributed by atoms with E-state index in [0.717, 1.165) is 0 Å². The molecular weight excluding hydrogens is 240 g/mol.